The molecule has 1 saturated heterocycles. The highest BCUT2D eigenvalue weighted by atomic mass is 79.9. The fourth-order valence-electron chi connectivity index (χ4n) is 6.30. The second-order valence-electron chi connectivity index (χ2n) is 10.6. The van der Waals surface area contributed by atoms with Gasteiger partial charge in [0.2, 0.25) is 11.8 Å². The van der Waals surface area contributed by atoms with Crippen molar-refractivity contribution in [3.05, 3.63) is 70.6 Å². The molecule has 3 aromatic heterocycles. The van der Waals surface area contributed by atoms with Crippen LogP contribution in [0.2, 0.25) is 0 Å². The van der Waals surface area contributed by atoms with Gasteiger partial charge in [0.25, 0.3) is 0 Å². The summed E-state index contributed by atoms with van der Waals surface area (Å²) in [5.74, 6) is -0.526. The number of benzene rings is 1. The lowest BCUT2D eigenvalue weighted by Crippen LogP contribution is -2.51. The Morgan fingerprint density at radius 3 is 2.52 bits per heavy atom. The van der Waals surface area contributed by atoms with Gasteiger partial charge in [0.05, 0.1) is 16.7 Å². The van der Waals surface area contributed by atoms with Gasteiger partial charge in [-0.3, -0.25) is 19.1 Å². The van der Waals surface area contributed by atoms with E-state index in [0.717, 1.165) is 11.1 Å². The van der Waals surface area contributed by atoms with Gasteiger partial charge in [-0.1, -0.05) is 12.1 Å². The van der Waals surface area contributed by atoms with Crippen LogP contribution in [-0.2, 0) is 21.7 Å². The second-order valence-corrected chi connectivity index (χ2v) is 11.4. The monoisotopic (exact) mass is 602 g/mol. The molecule has 40 heavy (non-hydrogen) atoms. The van der Waals surface area contributed by atoms with Crippen LogP contribution in [0.25, 0.3) is 22.0 Å². The Morgan fingerprint density at radius 1 is 1.12 bits per heavy atom. The van der Waals surface area contributed by atoms with E-state index in [9.17, 15) is 14.4 Å². The molecule has 4 heterocycles. The van der Waals surface area contributed by atoms with Gasteiger partial charge in [0, 0.05) is 42.2 Å². The number of carbonyl (C=O) groups excluding carboxylic acids is 3. The smallest absolute Gasteiger partial charge is 0.245 e. The third kappa shape index (κ3) is 3.85. The molecule has 2 fully saturated rings. The van der Waals surface area contributed by atoms with Crippen LogP contribution in [0.4, 0.5) is 0 Å². The molecule has 4 aromatic rings. The summed E-state index contributed by atoms with van der Waals surface area (Å²) in [5, 5.41) is 5.14. The first-order valence-electron chi connectivity index (χ1n) is 12.9. The molecular formula is C28H27BrN8O3. The van der Waals surface area contributed by atoms with Gasteiger partial charge in [-0.25, -0.2) is 15.0 Å². The average Bonchev–Trinajstić information content (AvgIpc) is 3.30. The van der Waals surface area contributed by atoms with Crippen molar-refractivity contribution in [3.8, 4) is 11.1 Å². The van der Waals surface area contributed by atoms with Crippen LogP contribution < -0.4 is 11.5 Å². The molecule has 2 aliphatic rings. The van der Waals surface area contributed by atoms with E-state index < -0.39 is 22.9 Å². The highest BCUT2D eigenvalue weighted by Crippen LogP contribution is 2.73. The number of aromatic nitrogens is 5. The van der Waals surface area contributed by atoms with Crippen LogP contribution in [0.5, 0.6) is 0 Å². The van der Waals surface area contributed by atoms with Crippen molar-refractivity contribution in [1.29, 1.82) is 0 Å². The summed E-state index contributed by atoms with van der Waals surface area (Å²) in [6, 6.07) is 10.2. The van der Waals surface area contributed by atoms with Crippen LogP contribution >= 0.6 is 15.9 Å². The Balaban J connectivity index is 1.41. The minimum absolute atomic E-state index is 0.197. The molecule has 6 rings (SSSR count). The van der Waals surface area contributed by atoms with E-state index >= 15 is 0 Å². The van der Waals surface area contributed by atoms with Crippen molar-refractivity contribution in [3.63, 3.8) is 0 Å². The van der Waals surface area contributed by atoms with Gasteiger partial charge in [0.1, 0.15) is 28.7 Å². The topological polar surface area (TPSA) is 163 Å². The number of amides is 2. The number of nitrogens with zero attached hydrogens (tertiary/aromatic N) is 6. The summed E-state index contributed by atoms with van der Waals surface area (Å²) in [5.41, 5.74) is 13.8. The van der Waals surface area contributed by atoms with Crippen molar-refractivity contribution in [2.45, 2.75) is 44.8 Å². The van der Waals surface area contributed by atoms with Gasteiger partial charge in [-0.15, -0.1) is 0 Å². The van der Waals surface area contributed by atoms with Gasteiger partial charge in [0.15, 0.2) is 5.78 Å². The Kier molecular flexibility index (Phi) is 6.07. The highest BCUT2D eigenvalue weighted by Gasteiger charge is 2.78. The van der Waals surface area contributed by atoms with Crippen molar-refractivity contribution >= 4 is 44.4 Å². The quantitative estimate of drug-likeness (QED) is 0.241. The Bertz CT molecular complexity index is 1700. The van der Waals surface area contributed by atoms with E-state index in [1.165, 1.54) is 11.6 Å². The summed E-state index contributed by atoms with van der Waals surface area (Å²) in [6.07, 6.45) is 4.38. The number of hydrogen-bond acceptors (Lipinski definition) is 8. The number of likely N-dealkylation sites (tertiary alicyclic amines) is 1. The van der Waals surface area contributed by atoms with Crippen LogP contribution in [-0.4, -0.2) is 59.8 Å². The molecule has 4 N–H and O–H groups in total. The molecule has 0 spiro atoms. The van der Waals surface area contributed by atoms with E-state index in [1.807, 2.05) is 30.3 Å². The summed E-state index contributed by atoms with van der Waals surface area (Å²) in [7, 11) is 0. The molecule has 0 radical (unpaired) electrons. The van der Waals surface area contributed by atoms with Crippen molar-refractivity contribution in [1.82, 2.24) is 29.6 Å². The van der Waals surface area contributed by atoms with Gasteiger partial charge in [-0.2, -0.15) is 5.10 Å². The number of ketones is 1. The molecule has 2 amide bonds. The molecule has 1 saturated carbocycles. The van der Waals surface area contributed by atoms with Gasteiger partial charge >= 0.3 is 0 Å². The number of fused-ring (bicyclic) bond motifs is 2. The number of pyridine rings is 1. The number of primary amides is 1. The summed E-state index contributed by atoms with van der Waals surface area (Å²) in [4.78, 5) is 54.0. The molecule has 1 aromatic carbocycles. The summed E-state index contributed by atoms with van der Waals surface area (Å²) >= 11 is 3.42. The third-order valence-electron chi connectivity index (χ3n) is 8.26. The number of aryl methyl sites for hydroxylation is 1. The lowest BCUT2D eigenvalue weighted by molar-refractivity contribution is -0.142. The summed E-state index contributed by atoms with van der Waals surface area (Å²) in [6.45, 7) is 3.32. The number of Topliss-reactive ketones (excluding diaryl/α,β-unsaturated/α-hetero) is 1. The predicted molar refractivity (Wildman–Crippen MR) is 150 cm³/mol. The normalized spacial score (nSPS) is 23.3. The van der Waals surface area contributed by atoms with Crippen LogP contribution in [0, 0.1) is 12.3 Å². The van der Waals surface area contributed by atoms with E-state index in [-0.39, 0.29) is 30.5 Å². The molecule has 12 heteroatoms. The fourth-order valence-corrected chi connectivity index (χ4v) is 6.65. The fraction of sp³-hybridized carbons (Fsp3) is 0.321. The third-order valence-corrected chi connectivity index (χ3v) is 8.71. The van der Waals surface area contributed by atoms with Crippen molar-refractivity contribution in [2.75, 3.05) is 6.54 Å². The zero-order valence-electron chi connectivity index (χ0n) is 22.0. The maximum absolute atomic E-state index is 14.1. The second kappa shape index (κ2) is 9.27. The lowest BCUT2D eigenvalue weighted by Gasteiger charge is -2.33. The lowest BCUT2D eigenvalue weighted by atomic mass is 9.95. The first-order chi connectivity index (χ1) is 19.1. The number of rotatable bonds is 7. The number of hydrogen-bond donors (Lipinski definition) is 2. The van der Waals surface area contributed by atoms with Crippen molar-refractivity contribution < 1.29 is 14.4 Å². The van der Waals surface area contributed by atoms with Gasteiger partial charge in [-0.05, 0) is 65.5 Å². The van der Waals surface area contributed by atoms with Crippen LogP contribution in [0.3, 0.4) is 0 Å². The SMILES string of the molecule is CC(=O)c1nn(CC(=O)N2[C@H](C(N)=O)CC3(CN)CC23c2cccc(Br)n2)c2ccc(-c3cnc(C)nc3)cc12. The largest absolute Gasteiger partial charge is 0.368 e. The molecule has 1 aliphatic heterocycles. The predicted octanol–water partition coefficient (Wildman–Crippen LogP) is 2.49. The molecule has 204 valence electrons. The standard InChI is InChI=1S/C28H27BrN8O3/c1-15(38)25-19-8-17(18-10-32-16(2)33-11-18)6-7-20(19)36(35-25)12-24(39)37-21(26(31)40)9-27(14-30)13-28(27,37)22-4-3-5-23(29)34-22/h3-8,10-11,21H,9,12-14,30H2,1-2H3,(H2,31,40)/t21-,27?,28?/m0/s1. The van der Waals surface area contributed by atoms with Gasteiger partial charge < -0.3 is 16.4 Å². The molecule has 0 bridgehead atoms. The number of halogens is 1. The Morgan fingerprint density at radius 2 is 1.88 bits per heavy atom. The highest BCUT2D eigenvalue weighted by molar-refractivity contribution is 9.10. The van der Waals surface area contributed by atoms with E-state index in [4.69, 9.17) is 11.5 Å². The van der Waals surface area contributed by atoms with E-state index in [1.54, 1.807) is 30.3 Å². The molecule has 3 atom stereocenters. The van der Waals surface area contributed by atoms with E-state index in [0.29, 0.717) is 39.9 Å². The van der Waals surface area contributed by atoms with Crippen LogP contribution in [0.15, 0.2) is 53.4 Å². The van der Waals surface area contributed by atoms with Crippen molar-refractivity contribution in [2.24, 2.45) is 16.9 Å². The minimum Gasteiger partial charge on any atom is -0.368 e. The average molecular weight is 603 g/mol. The molecule has 2 unspecified atom stereocenters. The molecular weight excluding hydrogens is 576 g/mol. The first kappa shape index (κ1) is 26.2. The first-order valence-corrected chi connectivity index (χ1v) is 13.6. The number of nitrogens with two attached hydrogens (primary N) is 2. The maximum atomic E-state index is 14.1. The summed E-state index contributed by atoms with van der Waals surface area (Å²) < 4.78 is 2.13. The number of carbonyl (C=O) groups is 3. The minimum atomic E-state index is -0.854. The number of piperidine rings is 1. The zero-order valence-corrected chi connectivity index (χ0v) is 23.6. The Hall–Kier alpha value is -4.03. The molecule has 1 aliphatic carbocycles. The zero-order chi connectivity index (χ0) is 28.4. The maximum Gasteiger partial charge on any atom is 0.245 e. The van der Waals surface area contributed by atoms with Crippen LogP contribution in [0.1, 0.15) is 41.8 Å². The van der Waals surface area contributed by atoms with E-state index in [2.05, 4.69) is 36.0 Å². The molecule has 11 nitrogen and oxygen atoms in total. The Labute approximate surface area is 238 Å².